The van der Waals surface area contributed by atoms with Crippen molar-refractivity contribution < 1.29 is 14.5 Å². The van der Waals surface area contributed by atoms with Gasteiger partial charge in [0.2, 0.25) is 0 Å². The first-order valence-corrected chi connectivity index (χ1v) is 10.4. The van der Waals surface area contributed by atoms with Crippen molar-refractivity contribution in [2.45, 2.75) is 10.1 Å². The summed E-state index contributed by atoms with van der Waals surface area (Å²) < 4.78 is 1.75. The number of nitro groups is 1. The Balaban J connectivity index is 1.65. The molecule has 0 atom stereocenters. The van der Waals surface area contributed by atoms with E-state index in [1.54, 1.807) is 17.7 Å². The van der Waals surface area contributed by atoms with Crippen LogP contribution in [0.15, 0.2) is 64.2 Å². The van der Waals surface area contributed by atoms with Gasteiger partial charge in [-0.05, 0) is 41.7 Å². The van der Waals surface area contributed by atoms with Gasteiger partial charge in [0, 0.05) is 18.7 Å². The molecule has 2 N–H and O–H groups in total. The van der Waals surface area contributed by atoms with Crippen LogP contribution >= 0.6 is 24.0 Å². The van der Waals surface area contributed by atoms with E-state index in [0.717, 1.165) is 17.3 Å². The predicted molar refractivity (Wildman–Crippen MR) is 121 cm³/mol. The molecule has 0 bridgehead atoms. The maximum Gasteiger partial charge on any atom is 0.283 e. The Morgan fingerprint density at radius 1 is 1.09 bits per heavy atom. The highest BCUT2D eigenvalue weighted by molar-refractivity contribution is 7.99. The van der Waals surface area contributed by atoms with Crippen molar-refractivity contribution in [1.29, 1.82) is 0 Å². The first-order valence-electron chi connectivity index (χ1n) is 9.13. The highest BCUT2D eigenvalue weighted by Crippen LogP contribution is 2.36. The van der Waals surface area contributed by atoms with E-state index in [-0.39, 0.29) is 16.4 Å². The van der Waals surface area contributed by atoms with Crippen LogP contribution in [0.1, 0.15) is 5.56 Å². The van der Waals surface area contributed by atoms with Gasteiger partial charge in [0.15, 0.2) is 16.1 Å². The molecule has 2 amide bonds. The fourth-order valence-corrected chi connectivity index (χ4v) is 4.03. The number of hydrogen-bond acceptors (Lipinski definition) is 8. The maximum absolute atomic E-state index is 12.0. The largest absolute Gasteiger partial charge is 0.305 e. The average molecular weight is 467 g/mol. The van der Waals surface area contributed by atoms with Crippen molar-refractivity contribution in [3.05, 3.63) is 69.8 Å². The molecule has 0 saturated carbocycles. The quantitative estimate of drug-likeness (QED) is 0.193. The van der Waals surface area contributed by atoms with Crippen molar-refractivity contribution in [3.63, 3.8) is 0 Å². The van der Waals surface area contributed by atoms with E-state index in [9.17, 15) is 19.7 Å². The molecule has 2 heterocycles. The van der Waals surface area contributed by atoms with Crippen molar-refractivity contribution in [2.24, 2.45) is 7.05 Å². The average Bonchev–Trinajstić information content (AvgIpc) is 3.12. The van der Waals surface area contributed by atoms with Gasteiger partial charge in [0.05, 0.1) is 9.82 Å². The topological polar surface area (TPSA) is 132 Å². The van der Waals surface area contributed by atoms with Crippen LogP contribution in [0.25, 0.3) is 17.5 Å². The third-order valence-electron chi connectivity index (χ3n) is 4.50. The van der Waals surface area contributed by atoms with Gasteiger partial charge in [-0.15, -0.1) is 10.2 Å². The fraction of sp³-hybridized carbons (Fsp3) is 0.0500. The van der Waals surface area contributed by atoms with E-state index in [2.05, 4.69) is 20.8 Å². The number of nitrogens with zero attached hydrogens (tertiary/aromatic N) is 4. The minimum Gasteiger partial charge on any atom is -0.305 e. The number of amides is 2. The molecule has 1 saturated heterocycles. The SMILES string of the molecule is Cn1c(Sc2ccc(C=C3C(=O)NC(=S)NC3=O)cc2[N+](=O)[O-])nnc1-c1ccccc1. The number of aromatic nitrogens is 3. The standard InChI is InChI=1S/C20H14N6O4S2/c1-25-16(12-5-3-2-4-6-12)23-24-20(25)32-15-8-7-11(10-14(15)26(29)30)9-13-17(27)21-19(31)22-18(13)28/h2-10H,1H3,(H2,21,22,27,28,31). The number of carbonyl (C=O) groups is 2. The van der Waals surface area contributed by atoms with Gasteiger partial charge < -0.3 is 4.57 Å². The number of nitro benzene ring substituents is 1. The normalized spacial score (nSPS) is 13.5. The Bertz CT molecular complexity index is 1280. The number of benzene rings is 2. The Hall–Kier alpha value is -3.90. The van der Waals surface area contributed by atoms with Gasteiger partial charge in [-0.2, -0.15) is 0 Å². The minimum atomic E-state index is -0.674. The summed E-state index contributed by atoms with van der Waals surface area (Å²) in [6, 6.07) is 13.9. The summed E-state index contributed by atoms with van der Waals surface area (Å²) in [5.74, 6) is -0.718. The number of nitrogens with one attached hydrogen (secondary N) is 2. The molecule has 0 radical (unpaired) electrons. The molecule has 1 aliphatic rings. The van der Waals surface area contributed by atoms with Crippen LogP contribution in [0, 0.1) is 10.1 Å². The number of rotatable bonds is 5. The highest BCUT2D eigenvalue weighted by atomic mass is 32.2. The zero-order chi connectivity index (χ0) is 22.8. The summed E-state index contributed by atoms with van der Waals surface area (Å²) >= 11 is 5.85. The molecule has 4 rings (SSSR count). The zero-order valence-corrected chi connectivity index (χ0v) is 18.1. The van der Waals surface area contributed by atoms with Crippen LogP contribution in [0.4, 0.5) is 5.69 Å². The Kier molecular flexibility index (Phi) is 5.79. The third-order valence-corrected chi connectivity index (χ3v) is 5.81. The first-order chi connectivity index (χ1) is 15.3. The van der Waals surface area contributed by atoms with Crippen molar-refractivity contribution in [2.75, 3.05) is 0 Å². The molecule has 1 aliphatic heterocycles. The van der Waals surface area contributed by atoms with E-state index < -0.39 is 16.7 Å². The summed E-state index contributed by atoms with van der Waals surface area (Å²) in [4.78, 5) is 35.5. The van der Waals surface area contributed by atoms with Crippen molar-refractivity contribution >= 4 is 52.7 Å². The number of hydrogen-bond donors (Lipinski definition) is 2. The predicted octanol–water partition coefficient (Wildman–Crippen LogP) is 2.46. The van der Waals surface area contributed by atoms with Gasteiger partial charge in [0.1, 0.15) is 5.57 Å². The maximum atomic E-state index is 12.0. The molecule has 10 nitrogen and oxygen atoms in total. The van der Waals surface area contributed by atoms with E-state index in [4.69, 9.17) is 12.2 Å². The Morgan fingerprint density at radius 3 is 2.44 bits per heavy atom. The molecule has 1 fully saturated rings. The molecular formula is C20H14N6O4S2. The molecule has 0 spiro atoms. The minimum absolute atomic E-state index is 0.0894. The smallest absolute Gasteiger partial charge is 0.283 e. The lowest BCUT2D eigenvalue weighted by atomic mass is 10.1. The van der Waals surface area contributed by atoms with Crippen molar-refractivity contribution in [3.8, 4) is 11.4 Å². The number of thiocarbonyl (C=S) groups is 1. The zero-order valence-electron chi connectivity index (χ0n) is 16.4. The molecule has 1 aromatic heterocycles. The van der Waals surface area contributed by atoms with Gasteiger partial charge in [0.25, 0.3) is 17.5 Å². The molecule has 32 heavy (non-hydrogen) atoms. The molecule has 3 aromatic rings. The van der Waals surface area contributed by atoms with Crippen LogP contribution in [-0.4, -0.2) is 36.6 Å². The summed E-state index contributed by atoms with van der Waals surface area (Å²) in [6.45, 7) is 0. The van der Waals surface area contributed by atoms with Crippen LogP contribution in [0.3, 0.4) is 0 Å². The van der Waals surface area contributed by atoms with Crippen LogP contribution in [0.2, 0.25) is 0 Å². The summed E-state index contributed by atoms with van der Waals surface area (Å²) in [7, 11) is 1.78. The lowest BCUT2D eigenvalue weighted by Gasteiger charge is -2.16. The summed E-state index contributed by atoms with van der Waals surface area (Å²) in [5, 5.41) is 25.1. The fourth-order valence-electron chi connectivity index (χ4n) is 2.97. The van der Waals surface area contributed by atoms with Crippen LogP contribution in [0.5, 0.6) is 0 Å². The lowest BCUT2D eigenvalue weighted by molar-refractivity contribution is -0.387. The molecule has 160 valence electrons. The molecule has 12 heteroatoms. The van der Waals surface area contributed by atoms with Gasteiger partial charge in [-0.25, -0.2) is 0 Å². The second-order valence-electron chi connectivity index (χ2n) is 6.61. The van der Waals surface area contributed by atoms with E-state index in [1.807, 2.05) is 30.3 Å². The lowest BCUT2D eigenvalue weighted by Crippen LogP contribution is -2.51. The second kappa shape index (κ2) is 8.69. The second-order valence-corrected chi connectivity index (χ2v) is 8.03. The Labute approximate surface area is 190 Å². The molecule has 0 aliphatic carbocycles. The summed E-state index contributed by atoms with van der Waals surface area (Å²) in [6.07, 6.45) is 1.27. The van der Waals surface area contributed by atoms with E-state index in [0.29, 0.717) is 21.4 Å². The van der Waals surface area contributed by atoms with Crippen LogP contribution in [-0.2, 0) is 16.6 Å². The van der Waals surface area contributed by atoms with E-state index >= 15 is 0 Å². The van der Waals surface area contributed by atoms with Gasteiger partial charge >= 0.3 is 0 Å². The molecule has 0 unspecified atom stereocenters. The first kappa shape index (κ1) is 21.3. The molecule has 2 aromatic carbocycles. The molecular weight excluding hydrogens is 452 g/mol. The number of carbonyl (C=O) groups excluding carboxylic acids is 2. The Morgan fingerprint density at radius 2 is 1.78 bits per heavy atom. The van der Waals surface area contributed by atoms with Gasteiger partial charge in [-0.1, -0.05) is 36.4 Å². The van der Waals surface area contributed by atoms with Crippen LogP contribution < -0.4 is 10.6 Å². The van der Waals surface area contributed by atoms with E-state index in [1.165, 1.54) is 18.2 Å². The van der Waals surface area contributed by atoms with Crippen molar-refractivity contribution in [1.82, 2.24) is 25.4 Å². The summed E-state index contributed by atoms with van der Waals surface area (Å²) in [5.41, 5.74) is 0.793. The highest BCUT2D eigenvalue weighted by Gasteiger charge is 2.26. The third kappa shape index (κ3) is 4.26. The van der Waals surface area contributed by atoms with Gasteiger partial charge in [-0.3, -0.25) is 30.3 Å². The monoisotopic (exact) mass is 466 g/mol.